The van der Waals surface area contributed by atoms with Gasteiger partial charge in [0.15, 0.2) is 17.5 Å². The van der Waals surface area contributed by atoms with Crippen molar-refractivity contribution >= 4 is 5.96 Å². The molecule has 0 aliphatic carbocycles. The van der Waals surface area contributed by atoms with Crippen LogP contribution in [0.3, 0.4) is 0 Å². The predicted molar refractivity (Wildman–Crippen MR) is 116 cm³/mol. The van der Waals surface area contributed by atoms with Crippen LogP contribution in [0.2, 0.25) is 0 Å². The molecule has 0 aromatic heterocycles. The molecule has 29 heavy (non-hydrogen) atoms. The van der Waals surface area contributed by atoms with Crippen LogP contribution in [0.1, 0.15) is 36.5 Å². The highest BCUT2D eigenvalue weighted by atomic mass is 19.1. The van der Waals surface area contributed by atoms with Crippen LogP contribution in [0.4, 0.5) is 4.39 Å². The first-order valence-electron chi connectivity index (χ1n) is 10.3. The van der Waals surface area contributed by atoms with E-state index in [4.69, 9.17) is 4.74 Å². The third-order valence-corrected chi connectivity index (χ3v) is 5.07. The largest absolute Gasteiger partial charge is 0.491 e. The smallest absolute Gasteiger partial charge is 0.191 e. The number of rotatable bonds is 8. The summed E-state index contributed by atoms with van der Waals surface area (Å²) in [4.78, 5) is 6.75. The van der Waals surface area contributed by atoms with Gasteiger partial charge in [0.2, 0.25) is 0 Å². The van der Waals surface area contributed by atoms with Gasteiger partial charge in [-0.2, -0.15) is 0 Å². The molecule has 5 nitrogen and oxygen atoms in total. The van der Waals surface area contributed by atoms with Crippen molar-refractivity contribution < 1.29 is 9.13 Å². The molecule has 1 saturated heterocycles. The first-order chi connectivity index (χ1) is 14.2. The van der Waals surface area contributed by atoms with E-state index in [1.165, 1.54) is 43.1 Å². The molecule has 2 aromatic rings. The number of likely N-dealkylation sites (tertiary alicyclic amines) is 1. The molecule has 0 spiro atoms. The Hall–Kier alpha value is -2.60. The van der Waals surface area contributed by atoms with Crippen molar-refractivity contribution in [3.63, 3.8) is 0 Å². The van der Waals surface area contributed by atoms with Crippen LogP contribution in [-0.4, -0.2) is 37.6 Å². The van der Waals surface area contributed by atoms with Gasteiger partial charge in [-0.25, -0.2) is 4.39 Å². The molecule has 2 N–H and O–H groups in total. The molecule has 1 fully saturated rings. The summed E-state index contributed by atoms with van der Waals surface area (Å²) in [7, 11) is 1.73. The van der Waals surface area contributed by atoms with E-state index in [9.17, 15) is 4.39 Å². The third kappa shape index (κ3) is 6.46. The van der Waals surface area contributed by atoms with E-state index in [1.807, 2.05) is 13.0 Å². The Labute approximate surface area is 173 Å². The van der Waals surface area contributed by atoms with Crippen LogP contribution in [0, 0.1) is 5.82 Å². The number of nitrogens with one attached hydrogen (secondary N) is 2. The minimum Gasteiger partial charge on any atom is -0.491 e. The van der Waals surface area contributed by atoms with E-state index in [2.05, 4.69) is 44.8 Å². The molecule has 3 rings (SSSR count). The maximum absolute atomic E-state index is 14.0. The van der Waals surface area contributed by atoms with E-state index >= 15 is 0 Å². The number of hydrogen-bond donors (Lipinski definition) is 2. The normalized spacial score (nSPS) is 14.8. The molecule has 1 aliphatic heterocycles. The Balaban J connectivity index is 1.45. The Morgan fingerprint density at radius 3 is 2.24 bits per heavy atom. The Morgan fingerprint density at radius 2 is 1.62 bits per heavy atom. The highest BCUT2D eigenvalue weighted by Crippen LogP contribution is 2.18. The van der Waals surface area contributed by atoms with Gasteiger partial charge in [-0.15, -0.1) is 0 Å². The number of benzene rings is 2. The molecule has 0 bridgehead atoms. The molecule has 0 radical (unpaired) electrons. The molecule has 0 unspecified atom stereocenters. The monoisotopic (exact) mass is 398 g/mol. The molecular formula is C23H31FN4O. The van der Waals surface area contributed by atoms with Gasteiger partial charge in [-0.3, -0.25) is 9.89 Å². The third-order valence-electron chi connectivity index (χ3n) is 5.07. The molecule has 1 heterocycles. The lowest BCUT2D eigenvalue weighted by atomic mass is 10.1. The van der Waals surface area contributed by atoms with Crippen molar-refractivity contribution in [2.24, 2.45) is 4.99 Å². The van der Waals surface area contributed by atoms with Gasteiger partial charge < -0.3 is 15.4 Å². The van der Waals surface area contributed by atoms with E-state index in [-0.39, 0.29) is 11.6 Å². The van der Waals surface area contributed by atoms with Crippen molar-refractivity contribution in [1.82, 2.24) is 15.5 Å². The topological polar surface area (TPSA) is 48.9 Å². The standard InChI is InChI=1S/C23H31FN4O/c1-3-29-22-11-10-20(14-21(22)24)16-27-23(25-2)26-15-18-6-8-19(9-7-18)17-28-12-4-5-13-28/h6-11,14H,3-5,12-13,15-17H2,1-2H3,(H2,25,26,27). The highest BCUT2D eigenvalue weighted by molar-refractivity contribution is 5.79. The Morgan fingerprint density at radius 1 is 1.00 bits per heavy atom. The zero-order valence-corrected chi connectivity index (χ0v) is 17.4. The van der Waals surface area contributed by atoms with Gasteiger partial charge in [0, 0.05) is 26.7 Å². The second-order valence-corrected chi connectivity index (χ2v) is 7.28. The van der Waals surface area contributed by atoms with Crippen LogP contribution >= 0.6 is 0 Å². The highest BCUT2D eigenvalue weighted by Gasteiger charge is 2.11. The van der Waals surface area contributed by atoms with Gasteiger partial charge in [0.1, 0.15) is 0 Å². The molecule has 1 aliphatic rings. The number of nitrogens with zero attached hydrogens (tertiary/aromatic N) is 2. The minimum absolute atomic E-state index is 0.284. The van der Waals surface area contributed by atoms with E-state index < -0.39 is 0 Å². The fourth-order valence-electron chi connectivity index (χ4n) is 3.48. The van der Waals surface area contributed by atoms with Crippen LogP contribution in [0.5, 0.6) is 5.75 Å². The lowest BCUT2D eigenvalue weighted by Crippen LogP contribution is -2.36. The summed E-state index contributed by atoms with van der Waals surface area (Å²) in [5, 5.41) is 6.52. The number of ether oxygens (including phenoxy) is 1. The van der Waals surface area contributed by atoms with Crippen molar-refractivity contribution in [3.05, 3.63) is 65.0 Å². The van der Waals surface area contributed by atoms with E-state index in [0.717, 1.165) is 12.1 Å². The van der Waals surface area contributed by atoms with Crippen molar-refractivity contribution in [2.75, 3.05) is 26.7 Å². The molecule has 0 atom stereocenters. The summed E-state index contributed by atoms with van der Waals surface area (Å²) in [6, 6.07) is 13.7. The van der Waals surface area contributed by atoms with Crippen molar-refractivity contribution in [3.8, 4) is 5.75 Å². The lowest BCUT2D eigenvalue weighted by Gasteiger charge is -2.15. The zero-order chi connectivity index (χ0) is 20.5. The van der Waals surface area contributed by atoms with E-state index in [0.29, 0.717) is 25.7 Å². The summed E-state index contributed by atoms with van der Waals surface area (Å²) in [6.07, 6.45) is 2.63. The fourth-order valence-corrected chi connectivity index (χ4v) is 3.48. The van der Waals surface area contributed by atoms with Gasteiger partial charge in [-0.1, -0.05) is 30.3 Å². The fraction of sp³-hybridized carbons (Fsp3) is 0.435. The van der Waals surface area contributed by atoms with E-state index in [1.54, 1.807) is 13.1 Å². The van der Waals surface area contributed by atoms with Gasteiger partial charge >= 0.3 is 0 Å². The minimum atomic E-state index is -0.344. The predicted octanol–water partition coefficient (Wildman–Crippen LogP) is 3.69. The Bertz CT molecular complexity index is 801. The van der Waals surface area contributed by atoms with Crippen LogP contribution in [0.25, 0.3) is 0 Å². The molecule has 6 heteroatoms. The van der Waals surface area contributed by atoms with Crippen molar-refractivity contribution in [2.45, 2.75) is 39.4 Å². The molecule has 156 valence electrons. The SMILES string of the molecule is CCOc1ccc(CNC(=NC)NCc2ccc(CN3CCCC3)cc2)cc1F. The molecular weight excluding hydrogens is 367 g/mol. The second kappa shape index (κ2) is 10.8. The summed E-state index contributed by atoms with van der Waals surface area (Å²) >= 11 is 0. The summed E-state index contributed by atoms with van der Waals surface area (Å²) in [5.41, 5.74) is 3.39. The maximum Gasteiger partial charge on any atom is 0.191 e. The molecule has 2 aromatic carbocycles. The summed E-state index contributed by atoms with van der Waals surface area (Å²) in [6.45, 7) is 6.91. The lowest BCUT2D eigenvalue weighted by molar-refractivity contribution is 0.321. The average Bonchev–Trinajstić information content (AvgIpc) is 3.24. The first kappa shape index (κ1) is 21.1. The number of hydrogen-bond acceptors (Lipinski definition) is 3. The molecule has 0 amide bonds. The number of aliphatic imine (C=N–C) groups is 1. The van der Waals surface area contributed by atoms with Gasteiger partial charge in [0.05, 0.1) is 6.61 Å². The van der Waals surface area contributed by atoms with Crippen LogP contribution < -0.4 is 15.4 Å². The van der Waals surface area contributed by atoms with Gasteiger partial charge in [0.25, 0.3) is 0 Å². The van der Waals surface area contributed by atoms with Crippen LogP contribution in [-0.2, 0) is 19.6 Å². The number of halogens is 1. The van der Waals surface area contributed by atoms with Crippen molar-refractivity contribution in [1.29, 1.82) is 0 Å². The van der Waals surface area contributed by atoms with Gasteiger partial charge in [-0.05, 0) is 61.7 Å². The zero-order valence-electron chi connectivity index (χ0n) is 17.4. The molecule has 0 saturated carbocycles. The number of guanidine groups is 1. The summed E-state index contributed by atoms with van der Waals surface area (Å²) in [5.74, 6) is 0.621. The van der Waals surface area contributed by atoms with Crippen LogP contribution in [0.15, 0.2) is 47.5 Å². The second-order valence-electron chi connectivity index (χ2n) is 7.28. The Kier molecular flexibility index (Phi) is 7.87. The average molecular weight is 399 g/mol. The maximum atomic E-state index is 14.0. The quantitative estimate of drug-likeness (QED) is 0.526. The first-order valence-corrected chi connectivity index (χ1v) is 10.3. The summed E-state index contributed by atoms with van der Waals surface area (Å²) < 4.78 is 19.2.